The van der Waals surface area contributed by atoms with Gasteiger partial charge in [0.1, 0.15) is 0 Å². The van der Waals surface area contributed by atoms with E-state index in [1.54, 1.807) is 25.1 Å². The fourth-order valence-corrected chi connectivity index (χ4v) is 4.27. The predicted molar refractivity (Wildman–Crippen MR) is 105 cm³/mol. The first kappa shape index (κ1) is 21.7. The molecule has 2 rings (SSSR count). The fraction of sp³-hybridized carbons (Fsp3) is 0.588. The molecular weight excluding hydrogens is 362 g/mol. The van der Waals surface area contributed by atoms with Crippen molar-refractivity contribution in [3.05, 3.63) is 23.8 Å². The lowest BCUT2D eigenvalue weighted by atomic mass is 9.85. The van der Waals surface area contributed by atoms with E-state index in [0.717, 1.165) is 19.3 Å². The zero-order chi connectivity index (χ0) is 17.7. The van der Waals surface area contributed by atoms with Gasteiger partial charge in [0.15, 0.2) is 0 Å². The van der Waals surface area contributed by atoms with Gasteiger partial charge in [-0.2, -0.15) is 0 Å². The summed E-state index contributed by atoms with van der Waals surface area (Å²) in [5, 5.41) is 2.93. The van der Waals surface area contributed by atoms with Crippen molar-refractivity contribution in [3.8, 4) is 0 Å². The van der Waals surface area contributed by atoms with Crippen molar-refractivity contribution >= 4 is 39.7 Å². The van der Waals surface area contributed by atoms with Crippen molar-refractivity contribution in [1.29, 1.82) is 0 Å². The van der Waals surface area contributed by atoms with Crippen LogP contribution >= 0.6 is 12.4 Å². The second-order valence-corrected chi connectivity index (χ2v) is 8.35. The topological polar surface area (TPSA) is 101 Å². The lowest BCUT2D eigenvalue weighted by Crippen LogP contribution is -2.34. The highest BCUT2D eigenvalue weighted by atomic mass is 35.5. The van der Waals surface area contributed by atoms with Gasteiger partial charge in [0.05, 0.1) is 11.4 Å². The first-order valence-corrected chi connectivity index (χ1v) is 10.1. The minimum Gasteiger partial charge on any atom is -0.328 e. The summed E-state index contributed by atoms with van der Waals surface area (Å²) in [5.41, 5.74) is 7.80. The molecule has 0 bridgehead atoms. The Balaban J connectivity index is 0.00000312. The zero-order valence-corrected chi connectivity index (χ0v) is 16.4. The van der Waals surface area contributed by atoms with E-state index in [9.17, 15) is 13.2 Å². The Morgan fingerprint density at radius 2 is 1.96 bits per heavy atom. The molecule has 0 spiro atoms. The number of rotatable bonds is 6. The van der Waals surface area contributed by atoms with Crippen LogP contribution < -0.4 is 15.8 Å². The quantitative estimate of drug-likeness (QED) is 0.695. The van der Waals surface area contributed by atoms with E-state index in [2.05, 4.69) is 10.0 Å². The van der Waals surface area contributed by atoms with E-state index in [0.29, 0.717) is 29.8 Å². The molecule has 1 aromatic carbocycles. The molecule has 4 N–H and O–H groups in total. The van der Waals surface area contributed by atoms with Gasteiger partial charge in [-0.05, 0) is 50.3 Å². The number of amides is 1. The third-order valence-corrected chi connectivity index (χ3v) is 5.89. The van der Waals surface area contributed by atoms with Crippen LogP contribution in [0.4, 0.5) is 11.4 Å². The van der Waals surface area contributed by atoms with Gasteiger partial charge in [0, 0.05) is 17.6 Å². The standard InChI is InChI=1S/C17H27N3O3S.ClH/c1-3-10-24(22,23)20-16-9-5-8-15(12(16)2)19-17(21)13-6-4-7-14(18)11-13;/h5,8-9,13-14,20H,3-4,6-7,10-11,18H2,1-2H3,(H,19,21);1H. The Bertz CT molecular complexity index is 694. The van der Waals surface area contributed by atoms with Crippen molar-refractivity contribution in [2.75, 3.05) is 15.8 Å². The van der Waals surface area contributed by atoms with E-state index >= 15 is 0 Å². The summed E-state index contributed by atoms with van der Waals surface area (Å²) in [6, 6.07) is 5.31. The van der Waals surface area contributed by atoms with Crippen molar-refractivity contribution in [1.82, 2.24) is 0 Å². The average Bonchev–Trinajstić information content (AvgIpc) is 2.51. The molecule has 1 aliphatic rings. The number of anilines is 2. The van der Waals surface area contributed by atoms with Gasteiger partial charge in [-0.1, -0.05) is 19.4 Å². The molecule has 6 nitrogen and oxygen atoms in total. The summed E-state index contributed by atoms with van der Waals surface area (Å²) in [7, 11) is -3.36. The summed E-state index contributed by atoms with van der Waals surface area (Å²) in [5.74, 6) is -0.0430. The van der Waals surface area contributed by atoms with E-state index in [1.807, 2.05) is 6.92 Å². The molecule has 0 radical (unpaired) electrons. The lowest BCUT2D eigenvalue weighted by Gasteiger charge is -2.26. The van der Waals surface area contributed by atoms with Crippen LogP contribution in [0.15, 0.2) is 18.2 Å². The molecule has 8 heteroatoms. The number of halogens is 1. The largest absolute Gasteiger partial charge is 0.328 e. The second kappa shape index (κ2) is 9.40. The monoisotopic (exact) mass is 389 g/mol. The van der Waals surface area contributed by atoms with Crippen LogP contribution in [0.2, 0.25) is 0 Å². The highest BCUT2D eigenvalue weighted by molar-refractivity contribution is 7.92. The maximum Gasteiger partial charge on any atom is 0.232 e. The van der Waals surface area contributed by atoms with Gasteiger partial charge < -0.3 is 11.1 Å². The number of sulfonamides is 1. The molecular formula is C17H28ClN3O3S. The molecule has 0 aromatic heterocycles. The van der Waals surface area contributed by atoms with Gasteiger partial charge in [-0.3, -0.25) is 9.52 Å². The molecule has 142 valence electrons. The second-order valence-electron chi connectivity index (χ2n) is 6.51. The Hall–Kier alpha value is -1.31. The van der Waals surface area contributed by atoms with Crippen molar-refractivity contribution in [2.24, 2.45) is 11.7 Å². The van der Waals surface area contributed by atoms with Crippen molar-refractivity contribution in [3.63, 3.8) is 0 Å². The highest BCUT2D eigenvalue weighted by Crippen LogP contribution is 2.28. The Morgan fingerprint density at radius 1 is 1.28 bits per heavy atom. The lowest BCUT2D eigenvalue weighted by molar-refractivity contribution is -0.120. The average molecular weight is 390 g/mol. The van der Waals surface area contributed by atoms with E-state index in [-0.39, 0.29) is 36.0 Å². The van der Waals surface area contributed by atoms with E-state index in [4.69, 9.17) is 5.73 Å². The molecule has 2 atom stereocenters. The van der Waals surface area contributed by atoms with Crippen LogP contribution in [0.5, 0.6) is 0 Å². The summed E-state index contributed by atoms with van der Waals surface area (Å²) >= 11 is 0. The summed E-state index contributed by atoms with van der Waals surface area (Å²) in [4.78, 5) is 12.5. The van der Waals surface area contributed by atoms with Gasteiger partial charge >= 0.3 is 0 Å². The number of hydrogen-bond acceptors (Lipinski definition) is 4. The number of carbonyl (C=O) groups excluding carboxylic acids is 1. The van der Waals surface area contributed by atoms with Crippen LogP contribution in [0, 0.1) is 12.8 Å². The fourth-order valence-electron chi connectivity index (χ4n) is 3.07. The Labute approximate surface area is 156 Å². The summed E-state index contributed by atoms with van der Waals surface area (Å²) in [6.45, 7) is 3.61. The zero-order valence-electron chi connectivity index (χ0n) is 14.7. The molecule has 1 amide bonds. The first-order valence-electron chi connectivity index (χ1n) is 8.49. The molecule has 1 saturated carbocycles. The van der Waals surface area contributed by atoms with Gasteiger partial charge in [0.2, 0.25) is 15.9 Å². The highest BCUT2D eigenvalue weighted by Gasteiger charge is 2.25. The number of carbonyl (C=O) groups is 1. The number of benzene rings is 1. The van der Waals surface area contributed by atoms with Gasteiger partial charge in [-0.15, -0.1) is 12.4 Å². The molecule has 1 aromatic rings. The molecule has 0 aliphatic heterocycles. The Kier molecular flexibility index (Phi) is 8.18. The smallest absolute Gasteiger partial charge is 0.232 e. The van der Waals surface area contributed by atoms with Crippen LogP contribution in [0.1, 0.15) is 44.6 Å². The van der Waals surface area contributed by atoms with Crippen molar-refractivity contribution < 1.29 is 13.2 Å². The minimum absolute atomic E-state index is 0. The molecule has 0 saturated heterocycles. The normalized spacial score (nSPS) is 20.4. The van der Waals surface area contributed by atoms with Crippen LogP contribution in [0.3, 0.4) is 0 Å². The predicted octanol–water partition coefficient (Wildman–Crippen LogP) is 3.02. The number of nitrogens with one attached hydrogen (secondary N) is 2. The SMILES string of the molecule is CCCS(=O)(=O)Nc1cccc(NC(=O)C2CCCC(N)C2)c1C.Cl. The van der Waals surface area contributed by atoms with Crippen LogP contribution in [-0.2, 0) is 14.8 Å². The Morgan fingerprint density at radius 3 is 2.60 bits per heavy atom. The molecule has 1 fully saturated rings. The molecule has 0 heterocycles. The van der Waals surface area contributed by atoms with Crippen LogP contribution in [-0.4, -0.2) is 26.1 Å². The molecule has 1 aliphatic carbocycles. The third-order valence-electron chi connectivity index (χ3n) is 4.42. The molecule has 25 heavy (non-hydrogen) atoms. The number of nitrogens with two attached hydrogens (primary N) is 1. The third kappa shape index (κ3) is 6.17. The van der Waals surface area contributed by atoms with E-state index in [1.165, 1.54) is 0 Å². The maximum absolute atomic E-state index is 12.5. The van der Waals surface area contributed by atoms with E-state index < -0.39 is 10.0 Å². The number of hydrogen-bond donors (Lipinski definition) is 3. The van der Waals surface area contributed by atoms with Gasteiger partial charge in [0.25, 0.3) is 0 Å². The van der Waals surface area contributed by atoms with Gasteiger partial charge in [-0.25, -0.2) is 8.42 Å². The maximum atomic E-state index is 12.5. The summed E-state index contributed by atoms with van der Waals surface area (Å²) in [6.07, 6.45) is 4.04. The molecule has 2 unspecified atom stereocenters. The summed E-state index contributed by atoms with van der Waals surface area (Å²) < 4.78 is 26.5. The van der Waals surface area contributed by atoms with Crippen molar-refractivity contribution in [2.45, 2.75) is 52.0 Å². The van der Waals surface area contributed by atoms with Crippen LogP contribution in [0.25, 0.3) is 0 Å². The first-order chi connectivity index (χ1) is 11.3. The minimum atomic E-state index is -3.36.